The van der Waals surface area contributed by atoms with E-state index >= 15 is 0 Å². The first-order valence-electron chi connectivity index (χ1n) is 39.6. The molecule has 4 aliphatic rings. The fourth-order valence-electron chi connectivity index (χ4n) is 18.9. The first-order valence-corrected chi connectivity index (χ1v) is 40.4. The number of para-hydroxylation sites is 8. The average Bonchev–Trinajstić information content (AvgIpc) is 1.55. The standard InChI is InChI=1S/C53H33N3O.C37H22BrNO.C16H13BN2O2.CH4.2H2/c1-3-17-34(18-4-1)45-33-46(35-19-5-2-6-20-35)55-52(54-45)40-25-15-28-43-50(40)57-51-44(53(43)41-26-11-7-21-36(41)37-22-8-12-27-42(37)53)29-16-32-49(51)56-47-30-13-9-23-38(47)39-24-10-14-31-48(39)56;38-31-19-9-17-29-35(31)40-36-30(37(29)27-15-5-1-11-23(27)24-12-2-6-16-28(24)37)18-10-22-34(36)39-32-20-7-3-13-25(32)26-14-4-8-21-33(26)39;20-17(21)16-18-14(12-7-3-1-4-8-12)11-15(19-16)13-9-5-2-6-10-13;;;/h1-33H;1-22H;1-11,20-21H;1H4;2*1H/i;;;;1+1;. The average molecular weight is 1600 g/mol. The molecule has 16 aromatic carbocycles. The van der Waals surface area contributed by atoms with Crippen LogP contribution in [-0.2, 0) is 10.8 Å². The van der Waals surface area contributed by atoms with Crippen molar-refractivity contribution in [2.45, 2.75) is 18.3 Å². The molecule has 0 radical (unpaired) electrons. The van der Waals surface area contributed by atoms with Crippen molar-refractivity contribution in [1.82, 2.24) is 29.1 Å². The van der Waals surface area contributed by atoms with E-state index in [2.05, 4.69) is 357 Å². The second kappa shape index (κ2) is 29.3. The van der Waals surface area contributed by atoms with Crippen LogP contribution in [0, 0.1) is 0 Å². The van der Waals surface area contributed by atoms with Gasteiger partial charge in [-0.25, -0.2) is 19.9 Å². The number of halogens is 1. The maximum Gasteiger partial charge on any atom is 0.528 e. The molecule has 0 fully saturated rings. The largest absolute Gasteiger partial charge is 0.528 e. The van der Waals surface area contributed by atoms with Crippen LogP contribution >= 0.6 is 15.9 Å². The monoisotopic (exact) mass is 1600 g/mol. The lowest BCUT2D eigenvalue weighted by Crippen LogP contribution is -2.36. The second-order valence-corrected chi connectivity index (χ2v) is 30.9. The van der Waals surface area contributed by atoms with Crippen LogP contribution in [0.15, 0.2) is 405 Å². The molecule has 2 N–H and O–H groups in total. The Bertz CT molecular complexity index is 7100. The molecule has 6 heterocycles. The Morgan fingerprint density at radius 3 is 0.908 bits per heavy atom. The number of rotatable bonds is 8. The maximum atomic E-state index is 9.40. The van der Waals surface area contributed by atoms with E-state index in [1.807, 2.05) is 78.9 Å². The zero-order chi connectivity index (χ0) is 78.6. The van der Waals surface area contributed by atoms with Crippen molar-refractivity contribution < 1.29 is 22.4 Å². The van der Waals surface area contributed by atoms with Crippen LogP contribution in [0.4, 0.5) is 0 Å². The lowest BCUT2D eigenvalue weighted by atomic mass is 9.65. The van der Waals surface area contributed by atoms with Crippen molar-refractivity contribution in [2.24, 2.45) is 0 Å². The molecule has 24 rings (SSSR count). The van der Waals surface area contributed by atoms with Crippen molar-refractivity contribution in [2.75, 3.05) is 0 Å². The van der Waals surface area contributed by atoms with E-state index in [1.54, 1.807) is 0 Å². The molecule has 2 aliphatic carbocycles. The van der Waals surface area contributed by atoms with Crippen LogP contribution in [0.1, 0.15) is 54.8 Å². The van der Waals surface area contributed by atoms with Crippen LogP contribution in [-0.4, -0.2) is 46.2 Å². The van der Waals surface area contributed by atoms with Gasteiger partial charge in [0.05, 0.1) is 77.1 Å². The summed E-state index contributed by atoms with van der Waals surface area (Å²) in [5, 5.41) is 23.7. The van der Waals surface area contributed by atoms with Gasteiger partial charge in [0.2, 0.25) is 0 Å². The van der Waals surface area contributed by atoms with Crippen molar-refractivity contribution in [1.29, 1.82) is 0 Å². The van der Waals surface area contributed by atoms with E-state index < -0.39 is 17.9 Å². The fraction of sp³-hybridized carbons (Fsp3) is 0.0280. The Balaban J connectivity index is 0.000000131. The SMILES string of the molecule is Brc1cccc2c1Oc1c(-n3c4ccccc4c4ccccc43)cccc1C21c2ccccc2-c2ccccc21.C.OB(O)c1nc(-c2ccccc2)cc(-c2ccccc2)n1.[2HH].[HH].c1ccc(-c2cc(-c3ccccc3)nc(-c3cccc4c3Oc3c(-n5c6ccccc6c6ccccc65)cccc3C43c4ccccc4-c4ccccc43)n2)cc1. The summed E-state index contributed by atoms with van der Waals surface area (Å²) in [5.41, 5.74) is 27.7. The first kappa shape index (κ1) is 72.1. The predicted molar refractivity (Wildman–Crippen MR) is 490 cm³/mol. The molecule has 119 heavy (non-hydrogen) atoms. The van der Waals surface area contributed by atoms with E-state index in [-0.39, 0.29) is 16.0 Å². The third kappa shape index (κ3) is 11.4. The normalized spacial score (nSPS) is 12.9. The Morgan fingerprint density at radius 1 is 0.277 bits per heavy atom. The Labute approximate surface area is 699 Å². The van der Waals surface area contributed by atoms with Gasteiger partial charge in [-0.3, -0.25) is 0 Å². The van der Waals surface area contributed by atoms with Crippen LogP contribution in [0.5, 0.6) is 23.0 Å². The smallest absolute Gasteiger partial charge is 0.454 e. The highest BCUT2D eigenvalue weighted by molar-refractivity contribution is 9.10. The molecule has 12 heteroatoms. The van der Waals surface area contributed by atoms with Gasteiger partial charge in [0.15, 0.2) is 23.0 Å². The summed E-state index contributed by atoms with van der Waals surface area (Å²) in [6.45, 7) is 0. The van der Waals surface area contributed by atoms with E-state index in [9.17, 15) is 10.0 Å². The number of benzene rings is 16. The summed E-state index contributed by atoms with van der Waals surface area (Å²) < 4.78 is 20.2. The van der Waals surface area contributed by atoms with E-state index in [1.165, 1.54) is 77.1 Å². The van der Waals surface area contributed by atoms with Crippen LogP contribution < -0.4 is 15.2 Å². The molecular formula is C107H76BBrN6O4. The molecule has 4 aromatic heterocycles. The number of nitrogens with zero attached hydrogens (tertiary/aromatic N) is 6. The number of hydrogen-bond donors (Lipinski definition) is 2. The van der Waals surface area contributed by atoms with Crippen LogP contribution in [0.2, 0.25) is 0 Å². The molecular weight excluding hydrogens is 1520 g/mol. The number of hydrogen-bond acceptors (Lipinski definition) is 8. The summed E-state index contributed by atoms with van der Waals surface area (Å²) in [6, 6.07) is 140. The molecule has 0 saturated carbocycles. The van der Waals surface area contributed by atoms with Gasteiger partial charge in [0.1, 0.15) is 11.5 Å². The quantitative estimate of drug-likeness (QED) is 0.144. The zero-order valence-corrected chi connectivity index (χ0v) is 65.0. The summed E-state index contributed by atoms with van der Waals surface area (Å²) in [7, 11) is -1.70. The molecule has 20 aromatic rings. The fourth-order valence-corrected chi connectivity index (χ4v) is 19.3. The zero-order valence-electron chi connectivity index (χ0n) is 63.5. The van der Waals surface area contributed by atoms with Gasteiger partial charge in [0.25, 0.3) is 0 Å². The minimum absolute atomic E-state index is 0. The second-order valence-electron chi connectivity index (χ2n) is 30.0. The molecule has 0 bridgehead atoms. The highest BCUT2D eigenvalue weighted by Gasteiger charge is 2.54. The molecule has 10 nitrogen and oxygen atoms in total. The molecule has 2 aliphatic heterocycles. The maximum absolute atomic E-state index is 9.40. The molecule has 0 unspecified atom stereocenters. The summed E-state index contributed by atoms with van der Waals surface area (Å²) in [6.07, 6.45) is 0. The van der Waals surface area contributed by atoms with Gasteiger partial charge in [-0.1, -0.05) is 347 Å². The van der Waals surface area contributed by atoms with E-state index in [0.29, 0.717) is 17.2 Å². The third-order valence-electron chi connectivity index (χ3n) is 23.8. The van der Waals surface area contributed by atoms with Crippen LogP contribution in [0.25, 0.3) is 134 Å². The number of fused-ring (bicyclic) bond motifs is 24. The van der Waals surface area contributed by atoms with Gasteiger partial charge in [-0.2, -0.15) is 0 Å². The van der Waals surface area contributed by atoms with Crippen LogP contribution in [0.3, 0.4) is 0 Å². The minimum Gasteiger partial charge on any atom is -0.454 e. The van der Waals surface area contributed by atoms with Crippen molar-refractivity contribution in [3.8, 4) is 113 Å². The van der Waals surface area contributed by atoms with Crippen molar-refractivity contribution in [3.63, 3.8) is 0 Å². The minimum atomic E-state index is -1.70. The molecule has 0 amide bonds. The number of ether oxygens (including phenoxy) is 2. The van der Waals surface area contributed by atoms with Crippen molar-refractivity contribution >= 4 is 72.4 Å². The molecule has 0 saturated heterocycles. The first-order chi connectivity index (χ1) is 58.3. The van der Waals surface area contributed by atoms with Crippen molar-refractivity contribution in [3.05, 3.63) is 449 Å². The summed E-state index contributed by atoms with van der Waals surface area (Å²) in [4.78, 5) is 19.1. The lowest BCUT2D eigenvalue weighted by Gasteiger charge is -2.40. The highest BCUT2D eigenvalue weighted by atomic mass is 79.9. The van der Waals surface area contributed by atoms with E-state index in [4.69, 9.17) is 19.4 Å². The summed E-state index contributed by atoms with van der Waals surface area (Å²) >= 11 is 3.87. The molecule has 0 atom stereocenters. The molecule has 568 valence electrons. The van der Waals surface area contributed by atoms with Gasteiger partial charge >= 0.3 is 7.12 Å². The lowest BCUT2D eigenvalue weighted by molar-refractivity contribution is 0.422. The van der Waals surface area contributed by atoms with Gasteiger partial charge in [-0.15, -0.1) is 0 Å². The molecule has 2 spiro atoms. The van der Waals surface area contributed by atoms with Gasteiger partial charge < -0.3 is 28.7 Å². The summed E-state index contributed by atoms with van der Waals surface area (Å²) in [5.74, 6) is 3.95. The Hall–Kier alpha value is -14.7. The van der Waals surface area contributed by atoms with Gasteiger partial charge in [-0.05, 0) is 121 Å². The van der Waals surface area contributed by atoms with Gasteiger partial charge in [0, 0.05) is 68.9 Å². The van der Waals surface area contributed by atoms with E-state index in [0.717, 1.165) is 111 Å². The Kier molecular flexibility index (Phi) is 17.7. The predicted octanol–water partition coefficient (Wildman–Crippen LogP) is 25.7. The third-order valence-corrected chi connectivity index (χ3v) is 24.4. The number of aromatic nitrogens is 6. The topological polar surface area (TPSA) is 120 Å². The Morgan fingerprint density at radius 2 is 0.546 bits per heavy atom. The highest BCUT2D eigenvalue weighted by Crippen LogP contribution is 2.66.